The Morgan fingerprint density at radius 1 is 1.55 bits per heavy atom. The van der Waals surface area contributed by atoms with Crippen LogP contribution in [0.4, 0.5) is 0 Å². The van der Waals surface area contributed by atoms with Crippen molar-refractivity contribution in [1.82, 2.24) is 10.3 Å². The number of hydrogen-bond donors (Lipinski definition) is 1. The van der Waals surface area contributed by atoms with E-state index in [1.165, 1.54) is 11.3 Å². The van der Waals surface area contributed by atoms with Crippen molar-refractivity contribution in [2.45, 2.75) is 13.3 Å². The normalized spacial score (nSPS) is 17.9. The maximum Gasteiger partial charge on any atom is 0.245 e. The number of ketones is 1. The second kappa shape index (κ2) is 6.47. The van der Waals surface area contributed by atoms with E-state index in [9.17, 15) is 9.59 Å². The molecule has 0 aromatic carbocycles. The molecule has 1 amide bonds. The monoisotopic (exact) mass is 291 g/mol. The van der Waals surface area contributed by atoms with Crippen molar-refractivity contribution in [1.29, 1.82) is 0 Å². The third-order valence-electron chi connectivity index (χ3n) is 3.11. The minimum absolute atomic E-state index is 0.0793. The van der Waals surface area contributed by atoms with E-state index in [0.29, 0.717) is 19.5 Å². The van der Waals surface area contributed by atoms with E-state index in [2.05, 4.69) is 17.2 Å². The van der Waals surface area contributed by atoms with E-state index in [1.807, 2.05) is 36.2 Å². The lowest BCUT2D eigenvalue weighted by atomic mass is 10.0. The van der Waals surface area contributed by atoms with Gasteiger partial charge in [0.25, 0.3) is 0 Å². The molecular weight excluding hydrogens is 274 g/mol. The summed E-state index contributed by atoms with van der Waals surface area (Å²) < 4.78 is 0. The van der Waals surface area contributed by atoms with Crippen molar-refractivity contribution in [2.24, 2.45) is 11.0 Å². The molecule has 1 atom stereocenters. The molecule has 0 bridgehead atoms. The van der Waals surface area contributed by atoms with Crippen LogP contribution in [0.3, 0.4) is 0 Å². The van der Waals surface area contributed by atoms with E-state index >= 15 is 0 Å². The summed E-state index contributed by atoms with van der Waals surface area (Å²) in [6.07, 6.45) is 4.44. The first kappa shape index (κ1) is 14.5. The highest BCUT2D eigenvalue weighted by Crippen LogP contribution is 2.18. The lowest BCUT2D eigenvalue weighted by Gasteiger charge is -2.27. The third-order valence-corrected chi connectivity index (χ3v) is 4.16. The first-order valence-corrected chi connectivity index (χ1v) is 7.17. The first-order chi connectivity index (χ1) is 9.60. The van der Waals surface area contributed by atoms with Crippen molar-refractivity contribution in [3.63, 3.8) is 0 Å². The molecule has 20 heavy (non-hydrogen) atoms. The maximum absolute atomic E-state index is 12.1. The molecular formula is C14H17N3O2S. The average Bonchev–Trinajstić information content (AvgIpc) is 2.86. The summed E-state index contributed by atoms with van der Waals surface area (Å²) in [6.45, 7) is 6.03. The van der Waals surface area contributed by atoms with Gasteiger partial charge in [0.1, 0.15) is 0 Å². The molecule has 1 aliphatic heterocycles. The molecule has 1 aliphatic rings. The molecule has 1 aromatic rings. The Hall–Kier alpha value is -1.95. The molecule has 1 unspecified atom stereocenters. The fourth-order valence-corrected chi connectivity index (χ4v) is 2.91. The SMILES string of the molecule is C=NNC(=O)C1CC=CN(CC(=O)c2ccc(C)s2)C1. The van der Waals surface area contributed by atoms with Crippen LogP contribution in [0.2, 0.25) is 0 Å². The number of allylic oxidation sites excluding steroid dienone is 1. The number of hydrogen-bond acceptors (Lipinski definition) is 5. The highest BCUT2D eigenvalue weighted by atomic mass is 32.1. The number of carbonyl (C=O) groups is 2. The highest BCUT2D eigenvalue weighted by molar-refractivity contribution is 7.14. The lowest BCUT2D eigenvalue weighted by molar-refractivity contribution is -0.125. The minimum atomic E-state index is -0.191. The van der Waals surface area contributed by atoms with Gasteiger partial charge in [0, 0.05) is 18.1 Å². The van der Waals surface area contributed by atoms with E-state index in [0.717, 1.165) is 9.75 Å². The molecule has 0 aliphatic carbocycles. The van der Waals surface area contributed by atoms with E-state index in [-0.39, 0.29) is 17.6 Å². The smallest absolute Gasteiger partial charge is 0.245 e. The van der Waals surface area contributed by atoms with Gasteiger partial charge in [0.2, 0.25) is 5.91 Å². The zero-order chi connectivity index (χ0) is 14.5. The fourth-order valence-electron chi connectivity index (χ4n) is 2.12. The van der Waals surface area contributed by atoms with Crippen LogP contribution in [0.1, 0.15) is 21.0 Å². The summed E-state index contributed by atoms with van der Waals surface area (Å²) >= 11 is 1.50. The summed E-state index contributed by atoms with van der Waals surface area (Å²) in [5, 5.41) is 3.39. The van der Waals surface area contributed by atoms with Gasteiger partial charge in [-0.05, 0) is 31.7 Å². The summed E-state index contributed by atoms with van der Waals surface area (Å²) in [6, 6.07) is 3.79. The predicted molar refractivity (Wildman–Crippen MR) is 79.9 cm³/mol. The van der Waals surface area contributed by atoms with Gasteiger partial charge in [-0.3, -0.25) is 9.59 Å². The molecule has 5 nitrogen and oxygen atoms in total. The predicted octanol–water partition coefficient (Wildman–Crippen LogP) is 1.81. The van der Waals surface area contributed by atoms with Gasteiger partial charge < -0.3 is 4.90 Å². The summed E-state index contributed by atoms with van der Waals surface area (Å²) in [5.41, 5.74) is 2.36. The van der Waals surface area contributed by atoms with Gasteiger partial charge in [0.15, 0.2) is 5.78 Å². The van der Waals surface area contributed by atoms with Gasteiger partial charge in [-0.25, -0.2) is 5.43 Å². The molecule has 1 N–H and O–H groups in total. The Morgan fingerprint density at radius 3 is 3.00 bits per heavy atom. The number of carbonyl (C=O) groups excluding carboxylic acids is 2. The first-order valence-electron chi connectivity index (χ1n) is 6.36. The fraction of sp³-hybridized carbons (Fsp3) is 0.357. The van der Waals surface area contributed by atoms with Crippen molar-refractivity contribution in [2.75, 3.05) is 13.1 Å². The lowest BCUT2D eigenvalue weighted by Crippen LogP contribution is -2.39. The average molecular weight is 291 g/mol. The van der Waals surface area contributed by atoms with Gasteiger partial charge in [-0.2, -0.15) is 5.10 Å². The van der Waals surface area contributed by atoms with Gasteiger partial charge >= 0.3 is 0 Å². The topological polar surface area (TPSA) is 61.8 Å². The van der Waals surface area contributed by atoms with Crippen molar-refractivity contribution in [3.05, 3.63) is 34.2 Å². The van der Waals surface area contributed by atoms with Crippen molar-refractivity contribution in [3.8, 4) is 0 Å². The standard InChI is InChI=1S/C14H17N3O2S/c1-10-5-6-13(20-10)12(18)9-17-7-3-4-11(8-17)14(19)16-15-2/h3,5-7,11H,2,4,8-9H2,1H3,(H,16,19). The maximum atomic E-state index is 12.1. The molecule has 2 rings (SSSR count). The Balaban J connectivity index is 1.95. The number of amides is 1. The number of Topliss-reactive ketones (excluding diaryl/α,β-unsaturated/α-hetero) is 1. The second-order valence-corrected chi connectivity index (χ2v) is 6.00. The molecule has 0 saturated heterocycles. The Kier molecular flexibility index (Phi) is 4.68. The zero-order valence-corrected chi connectivity index (χ0v) is 12.2. The van der Waals surface area contributed by atoms with Gasteiger partial charge in [-0.1, -0.05) is 6.08 Å². The highest BCUT2D eigenvalue weighted by Gasteiger charge is 2.23. The molecule has 0 fully saturated rings. The van der Waals surface area contributed by atoms with E-state index in [1.54, 1.807) is 0 Å². The van der Waals surface area contributed by atoms with Gasteiger partial charge in [-0.15, -0.1) is 11.3 Å². The second-order valence-electron chi connectivity index (χ2n) is 4.71. The molecule has 106 valence electrons. The summed E-state index contributed by atoms with van der Waals surface area (Å²) in [4.78, 5) is 27.6. The molecule has 2 heterocycles. The third kappa shape index (κ3) is 3.54. The van der Waals surface area contributed by atoms with E-state index in [4.69, 9.17) is 0 Å². The molecule has 0 saturated carbocycles. The van der Waals surface area contributed by atoms with Crippen LogP contribution in [0.15, 0.2) is 29.5 Å². The van der Waals surface area contributed by atoms with Crippen LogP contribution in [-0.4, -0.2) is 36.4 Å². The zero-order valence-electron chi connectivity index (χ0n) is 11.3. The number of aryl methyl sites for hydroxylation is 1. The Bertz CT molecular complexity index is 550. The number of rotatable bonds is 5. The van der Waals surface area contributed by atoms with Crippen LogP contribution >= 0.6 is 11.3 Å². The van der Waals surface area contributed by atoms with Crippen molar-refractivity contribution >= 4 is 29.7 Å². The number of hydrazone groups is 1. The van der Waals surface area contributed by atoms with E-state index < -0.39 is 0 Å². The largest absolute Gasteiger partial charge is 0.369 e. The Morgan fingerprint density at radius 2 is 2.35 bits per heavy atom. The van der Waals surface area contributed by atoms with Crippen LogP contribution < -0.4 is 5.43 Å². The molecule has 1 aromatic heterocycles. The molecule has 0 radical (unpaired) electrons. The number of nitrogens with one attached hydrogen (secondary N) is 1. The van der Waals surface area contributed by atoms with Crippen LogP contribution in [0.25, 0.3) is 0 Å². The number of thiophene rings is 1. The molecule has 0 spiro atoms. The summed E-state index contributed by atoms with van der Waals surface area (Å²) in [7, 11) is 0. The molecule has 6 heteroatoms. The number of nitrogens with zero attached hydrogens (tertiary/aromatic N) is 2. The van der Waals surface area contributed by atoms with Gasteiger partial charge in [0.05, 0.1) is 17.3 Å². The van der Waals surface area contributed by atoms with Crippen LogP contribution in [0.5, 0.6) is 0 Å². The van der Waals surface area contributed by atoms with Crippen molar-refractivity contribution < 1.29 is 9.59 Å². The minimum Gasteiger partial charge on any atom is -0.369 e. The Labute approximate surface area is 122 Å². The quantitative estimate of drug-likeness (QED) is 0.511. The van der Waals surface area contributed by atoms with Crippen LogP contribution in [0, 0.1) is 12.8 Å². The van der Waals surface area contributed by atoms with Crippen LogP contribution in [-0.2, 0) is 4.79 Å². The summed E-state index contributed by atoms with van der Waals surface area (Å²) in [5.74, 6) is -0.271.